The van der Waals surface area contributed by atoms with Crippen LogP contribution in [-0.2, 0) is 4.79 Å². The first-order valence-electron chi connectivity index (χ1n) is 7.32. The summed E-state index contributed by atoms with van der Waals surface area (Å²) >= 11 is 0. The van der Waals surface area contributed by atoms with Crippen molar-refractivity contribution >= 4 is 17.5 Å². The molecule has 3 heterocycles. The molecule has 0 bridgehead atoms. The first kappa shape index (κ1) is 14.5. The van der Waals surface area contributed by atoms with Crippen molar-refractivity contribution in [1.82, 2.24) is 20.0 Å². The Morgan fingerprint density at radius 3 is 2.77 bits per heavy atom. The summed E-state index contributed by atoms with van der Waals surface area (Å²) in [5.74, 6) is 3.11. The molecule has 1 N–H and O–H groups in total. The lowest BCUT2D eigenvalue weighted by Crippen LogP contribution is -2.25. The summed E-state index contributed by atoms with van der Waals surface area (Å²) in [6.07, 6.45) is 0.894. The van der Waals surface area contributed by atoms with Crippen LogP contribution in [0.3, 0.4) is 0 Å². The van der Waals surface area contributed by atoms with E-state index >= 15 is 0 Å². The van der Waals surface area contributed by atoms with Gasteiger partial charge in [0.05, 0.1) is 0 Å². The van der Waals surface area contributed by atoms with Crippen LogP contribution < -0.4 is 5.32 Å². The Hall–Kier alpha value is -2.44. The van der Waals surface area contributed by atoms with Gasteiger partial charge >= 0.3 is 0 Å². The number of amides is 1. The van der Waals surface area contributed by atoms with E-state index in [0.717, 1.165) is 30.2 Å². The van der Waals surface area contributed by atoms with Gasteiger partial charge in [-0.1, -0.05) is 5.16 Å². The third-order valence-corrected chi connectivity index (χ3v) is 3.75. The second-order valence-corrected chi connectivity index (χ2v) is 5.65. The highest BCUT2D eigenvalue weighted by Crippen LogP contribution is 2.26. The van der Waals surface area contributed by atoms with E-state index in [1.807, 2.05) is 30.9 Å². The Balaban J connectivity index is 1.79. The lowest BCUT2D eigenvalue weighted by atomic mass is 10.1. The minimum Gasteiger partial charge on any atom is -0.360 e. The zero-order valence-electron chi connectivity index (χ0n) is 13.0. The maximum atomic E-state index is 11.5. The molecule has 0 saturated carbocycles. The Kier molecular flexibility index (Phi) is 3.79. The van der Waals surface area contributed by atoms with Gasteiger partial charge in [0.15, 0.2) is 5.82 Å². The summed E-state index contributed by atoms with van der Waals surface area (Å²) in [6.45, 7) is 6.81. The molecule has 1 saturated heterocycles. The largest absolute Gasteiger partial charge is 0.360 e. The molecule has 0 aliphatic carbocycles. The second kappa shape index (κ2) is 5.75. The summed E-state index contributed by atoms with van der Waals surface area (Å²) in [7, 11) is 0. The van der Waals surface area contributed by atoms with E-state index in [9.17, 15) is 4.79 Å². The maximum absolute atomic E-state index is 11.5. The van der Waals surface area contributed by atoms with Crippen molar-refractivity contribution in [3.8, 4) is 0 Å². The fraction of sp³-hybridized carbons (Fsp3) is 0.467. The van der Waals surface area contributed by atoms with Gasteiger partial charge in [0, 0.05) is 43.8 Å². The zero-order valence-corrected chi connectivity index (χ0v) is 13.0. The molecular weight excluding hydrogens is 282 g/mol. The van der Waals surface area contributed by atoms with Crippen molar-refractivity contribution < 1.29 is 9.32 Å². The number of likely N-dealkylation sites (tertiary alicyclic amines) is 1. The quantitative estimate of drug-likeness (QED) is 0.935. The van der Waals surface area contributed by atoms with Crippen LogP contribution in [0, 0.1) is 13.8 Å². The third-order valence-electron chi connectivity index (χ3n) is 3.75. The Morgan fingerprint density at radius 2 is 2.14 bits per heavy atom. The molecule has 1 atom stereocenters. The topological polar surface area (TPSA) is 84.2 Å². The molecule has 3 rings (SSSR count). The predicted molar refractivity (Wildman–Crippen MR) is 80.9 cm³/mol. The van der Waals surface area contributed by atoms with Crippen LogP contribution in [0.2, 0.25) is 0 Å². The molecule has 7 nitrogen and oxygen atoms in total. The molecule has 116 valence electrons. The monoisotopic (exact) mass is 301 g/mol. The van der Waals surface area contributed by atoms with E-state index < -0.39 is 0 Å². The molecule has 1 aliphatic heterocycles. The number of hydrogen-bond acceptors (Lipinski definition) is 6. The van der Waals surface area contributed by atoms with Gasteiger partial charge in [-0.25, -0.2) is 9.97 Å². The van der Waals surface area contributed by atoms with Crippen LogP contribution in [0.15, 0.2) is 16.7 Å². The van der Waals surface area contributed by atoms with Crippen LogP contribution in [0.25, 0.3) is 0 Å². The van der Waals surface area contributed by atoms with Crippen LogP contribution in [0.1, 0.15) is 36.5 Å². The molecule has 7 heteroatoms. The summed E-state index contributed by atoms with van der Waals surface area (Å²) in [4.78, 5) is 22.4. The highest BCUT2D eigenvalue weighted by Gasteiger charge is 2.27. The van der Waals surface area contributed by atoms with E-state index in [4.69, 9.17) is 4.52 Å². The summed E-state index contributed by atoms with van der Waals surface area (Å²) < 4.78 is 5.04. The fourth-order valence-corrected chi connectivity index (χ4v) is 2.65. The van der Waals surface area contributed by atoms with Crippen LogP contribution in [0.5, 0.6) is 0 Å². The minimum atomic E-state index is 0.103. The summed E-state index contributed by atoms with van der Waals surface area (Å²) in [6, 6.07) is 3.68. The molecule has 2 aromatic heterocycles. The van der Waals surface area contributed by atoms with Crippen molar-refractivity contribution in [3.63, 3.8) is 0 Å². The molecule has 1 amide bonds. The number of carbonyl (C=O) groups is 1. The van der Waals surface area contributed by atoms with Crippen LogP contribution >= 0.6 is 0 Å². The van der Waals surface area contributed by atoms with Gasteiger partial charge in [-0.15, -0.1) is 0 Å². The highest BCUT2D eigenvalue weighted by molar-refractivity contribution is 5.73. The van der Waals surface area contributed by atoms with Gasteiger partial charge in [0.1, 0.15) is 17.4 Å². The first-order chi connectivity index (χ1) is 10.5. The second-order valence-electron chi connectivity index (χ2n) is 5.65. The third kappa shape index (κ3) is 3.08. The smallest absolute Gasteiger partial charge is 0.219 e. The lowest BCUT2D eigenvalue weighted by molar-refractivity contribution is -0.127. The molecule has 0 radical (unpaired) electrons. The molecular formula is C15H19N5O2. The number of hydrogen-bond donors (Lipinski definition) is 1. The van der Waals surface area contributed by atoms with Crippen molar-refractivity contribution in [1.29, 1.82) is 0 Å². The minimum absolute atomic E-state index is 0.103. The van der Waals surface area contributed by atoms with E-state index in [-0.39, 0.29) is 11.8 Å². The average Bonchev–Trinajstić information content (AvgIpc) is 3.07. The SMILES string of the molecule is CC(=O)N1CC[C@H](c2nc(C)cc(Nc3cc(C)on3)n2)C1. The molecule has 22 heavy (non-hydrogen) atoms. The summed E-state index contributed by atoms with van der Waals surface area (Å²) in [5, 5.41) is 7.03. The number of nitrogens with one attached hydrogen (secondary N) is 1. The van der Waals surface area contributed by atoms with Crippen molar-refractivity contribution in [2.75, 3.05) is 18.4 Å². The Labute approximate surface area is 128 Å². The average molecular weight is 301 g/mol. The number of carbonyl (C=O) groups excluding carboxylic acids is 1. The number of aryl methyl sites for hydroxylation is 2. The Bertz CT molecular complexity index is 697. The molecule has 2 aromatic rings. The number of nitrogens with zero attached hydrogens (tertiary/aromatic N) is 4. The molecule has 1 fully saturated rings. The van der Waals surface area contributed by atoms with E-state index in [0.29, 0.717) is 18.2 Å². The summed E-state index contributed by atoms with van der Waals surface area (Å²) in [5.41, 5.74) is 0.883. The van der Waals surface area contributed by atoms with Gasteiger partial charge in [0.25, 0.3) is 0 Å². The van der Waals surface area contributed by atoms with Crippen molar-refractivity contribution in [2.24, 2.45) is 0 Å². The van der Waals surface area contributed by atoms with E-state index in [2.05, 4.69) is 20.4 Å². The fourth-order valence-electron chi connectivity index (χ4n) is 2.65. The first-order valence-corrected chi connectivity index (χ1v) is 7.32. The van der Waals surface area contributed by atoms with E-state index in [1.54, 1.807) is 6.92 Å². The van der Waals surface area contributed by atoms with Gasteiger partial charge in [-0.3, -0.25) is 4.79 Å². The van der Waals surface area contributed by atoms with Crippen LogP contribution in [-0.4, -0.2) is 39.0 Å². The predicted octanol–water partition coefficient (Wildman–Crippen LogP) is 2.16. The number of aromatic nitrogens is 3. The van der Waals surface area contributed by atoms with Gasteiger partial charge in [-0.05, 0) is 20.3 Å². The molecule has 0 aromatic carbocycles. The number of anilines is 2. The zero-order chi connectivity index (χ0) is 15.7. The Morgan fingerprint density at radius 1 is 1.32 bits per heavy atom. The maximum Gasteiger partial charge on any atom is 0.219 e. The van der Waals surface area contributed by atoms with Gasteiger partial charge < -0.3 is 14.7 Å². The highest BCUT2D eigenvalue weighted by atomic mass is 16.5. The molecule has 0 spiro atoms. The van der Waals surface area contributed by atoms with Crippen LogP contribution in [0.4, 0.5) is 11.6 Å². The lowest BCUT2D eigenvalue weighted by Gasteiger charge is -2.14. The van der Waals surface area contributed by atoms with Crippen molar-refractivity contribution in [3.05, 3.63) is 29.4 Å². The van der Waals surface area contributed by atoms with E-state index in [1.165, 1.54) is 0 Å². The standard InChI is InChI=1S/C15H19N5O2/c1-9-6-13(17-14-7-10(2)22-19-14)18-15(16-9)12-4-5-20(8-12)11(3)21/h6-7,12H,4-5,8H2,1-3H3,(H,16,17,18,19)/t12-/m0/s1. The van der Waals surface area contributed by atoms with Crippen molar-refractivity contribution in [2.45, 2.75) is 33.1 Å². The van der Waals surface area contributed by atoms with Gasteiger partial charge in [-0.2, -0.15) is 0 Å². The number of rotatable bonds is 3. The van der Waals surface area contributed by atoms with Gasteiger partial charge in [0.2, 0.25) is 5.91 Å². The molecule has 0 unspecified atom stereocenters. The normalized spacial score (nSPS) is 17.8. The molecule has 1 aliphatic rings.